The van der Waals surface area contributed by atoms with E-state index in [0.29, 0.717) is 33.0 Å². The number of rotatable bonds is 14. The Morgan fingerprint density at radius 2 is 0.947 bits per heavy atom. The zero-order chi connectivity index (χ0) is 27.0. The summed E-state index contributed by atoms with van der Waals surface area (Å²) < 4.78 is 21.7. The van der Waals surface area contributed by atoms with Crippen LogP contribution in [0.5, 0.6) is 11.5 Å². The smallest absolute Gasteiger partial charge is 0.403 e. The molecule has 0 aliphatic heterocycles. The molecule has 6 heteroatoms. The van der Waals surface area contributed by atoms with Crippen molar-refractivity contribution in [1.29, 1.82) is 0 Å². The van der Waals surface area contributed by atoms with Gasteiger partial charge < -0.3 is 18.9 Å². The second kappa shape index (κ2) is 16.1. The predicted octanol–water partition coefficient (Wildman–Crippen LogP) is 9.99. The third-order valence-electron chi connectivity index (χ3n) is 6.17. The Hall–Kier alpha value is -3.80. The molecule has 0 fully saturated rings. The first-order chi connectivity index (χ1) is 18.7. The average molecular weight is 519 g/mol. The molecular formula is C32H38O6. The molecule has 0 N–H and O–H groups in total. The summed E-state index contributed by atoms with van der Waals surface area (Å²) in [5, 5.41) is 2.45. The van der Waals surface area contributed by atoms with Gasteiger partial charge >= 0.3 is 12.3 Å². The fourth-order valence-corrected chi connectivity index (χ4v) is 4.20. The van der Waals surface area contributed by atoms with E-state index in [-0.39, 0.29) is 0 Å². The van der Waals surface area contributed by atoms with E-state index in [1.807, 2.05) is 60.7 Å². The van der Waals surface area contributed by atoms with E-state index in [4.69, 9.17) is 18.9 Å². The Kier molecular flexibility index (Phi) is 12.2. The van der Waals surface area contributed by atoms with Crippen LogP contribution in [0.15, 0.2) is 73.2 Å². The second-order valence-electron chi connectivity index (χ2n) is 9.13. The van der Waals surface area contributed by atoms with Gasteiger partial charge in [0, 0.05) is 21.5 Å². The highest BCUT2D eigenvalue weighted by Gasteiger charge is 2.20. The monoisotopic (exact) mass is 518 g/mol. The summed E-state index contributed by atoms with van der Waals surface area (Å²) in [6.07, 6.45) is 15.6. The van der Waals surface area contributed by atoms with Gasteiger partial charge in [0.1, 0.15) is 11.5 Å². The highest BCUT2D eigenvalue weighted by molar-refractivity contribution is 6.12. The van der Waals surface area contributed by atoms with E-state index in [1.54, 1.807) is 0 Å². The molecule has 0 aliphatic rings. The van der Waals surface area contributed by atoms with Crippen molar-refractivity contribution in [3.8, 4) is 11.5 Å². The number of allylic oxidation sites excluding steroid dienone is 2. The summed E-state index contributed by atoms with van der Waals surface area (Å²) in [4.78, 5) is 25.0. The minimum absolute atomic E-state index is 0.338. The molecule has 0 unspecified atom stereocenters. The van der Waals surface area contributed by atoms with Crippen molar-refractivity contribution < 1.29 is 28.5 Å². The molecule has 0 saturated heterocycles. The predicted molar refractivity (Wildman–Crippen MR) is 151 cm³/mol. The molecule has 0 spiro atoms. The summed E-state index contributed by atoms with van der Waals surface area (Å²) in [6.45, 7) is 4.34. The molecule has 38 heavy (non-hydrogen) atoms. The molecule has 0 radical (unpaired) electrons. The highest BCUT2D eigenvalue weighted by atomic mass is 16.7. The molecule has 0 saturated carbocycles. The van der Waals surface area contributed by atoms with Gasteiger partial charge in [0.2, 0.25) is 0 Å². The number of fused-ring (bicyclic) bond motifs is 2. The largest absolute Gasteiger partial charge is 0.518 e. The maximum atomic E-state index is 12.5. The van der Waals surface area contributed by atoms with Crippen molar-refractivity contribution in [2.45, 2.75) is 78.1 Å². The van der Waals surface area contributed by atoms with E-state index >= 15 is 0 Å². The average Bonchev–Trinajstić information content (AvgIpc) is 2.93. The number of hydrogen-bond acceptors (Lipinski definition) is 6. The Bertz CT molecular complexity index is 1090. The third-order valence-corrected chi connectivity index (χ3v) is 6.17. The number of ether oxygens (including phenoxy) is 4. The van der Waals surface area contributed by atoms with Crippen molar-refractivity contribution in [3.05, 3.63) is 73.2 Å². The van der Waals surface area contributed by atoms with E-state index in [2.05, 4.69) is 13.8 Å². The summed E-state index contributed by atoms with van der Waals surface area (Å²) in [5.41, 5.74) is 0. The summed E-state index contributed by atoms with van der Waals surface area (Å²) in [7, 11) is 0. The van der Waals surface area contributed by atoms with Gasteiger partial charge in [-0.2, -0.15) is 0 Å². The maximum absolute atomic E-state index is 12.5. The van der Waals surface area contributed by atoms with Gasteiger partial charge in [0.15, 0.2) is 0 Å². The zero-order valence-electron chi connectivity index (χ0n) is 22.4. The van der Waals surface area contributed by atoms with Crippen molar-refractivity contribution in [2.24, 2.45) is 0 Å². The molecule has 0 amide bonds. The Labute approximate surface area is 225 Å². The van der Waals surface area contributed by atoms with Crippen molar-refractivity contribution in [1.82, 2.24) is 0 Å². The zero-order valence-corrected chi connectivity index (χ0v) is 22.4. The van der Waals surface area contributed by atoms with Crippen LogP contribution in [-0.4, -0.2) is 12.3 Å². The molecule has 6 nitrogen and oxygen atoms in total. The minimum atomic E-state index is -0.831. The summed E-state index contributed by atoms with van der Waals surface area (Å²) in [6, 6.07) is 14.5. The SMILES string of the molecule is CCCCCC/C=C/OC(=O)Oc1c2ccccc2c(OC(=O)O/C=C/CCCCCC)c2ccccc12. The van der Waals surface area contributed by atoms with Gasteiger partial charge in [-0.05, 0) is 37.8 Å². The van der Waals surface area contributed by atoms with Gasteiger partial charge in [0.05, 0.1) is 12.5 Å². The fraction of sp³-hybridized carbons (Fsp3) is 0.375. The quantitative estimate of drug-likeness (QED) is 0.0695. The highest BCUT2D eigenvalue weighted by Crippen LogP contribution is 2.43. The van der Waals surface area contributed by atoms with Crippen molar-refractivity contribution >= 4 is 33.9 Å². The first-order valence-corrected chi connectivity index (χ1v) is 13.7. The number of benzene rings is 3. The van der Waals surface area contributed by atoms with Crippen LogP contribution >= 0.6 is 0 Å². The van der Waals surface area contributed by atoms with Crippen LogP contribution in [0.4, 0.5) is 9.59 Å². The Balaban J connectivity index is 1.75. The van der Waals surface area contributed by atoms with Crippen LogP contribution in [0.25, 0.3) is 21.5 Å². The van der Waals surface area contributed by atoms with Crippen LogP contribution in [0.3, 0.4) is 0 Å². The summed E-state index contributed by atoms with van der Waals surface area (Å²) >= 11 is 0. The molecule has 0 aromatic heterocycles. The van der Waals surface area contributed by atoms with Crippen LogP contribution in [0.1, 0.15) is 78.1 Å². The topological polar surface area (TPSA) is 71.1 Å². The van der Waals surface area contributed by atoms with Crippen LogP contribution < -0.4 is 9.47 Å². The van der Waals surface area contributed by atoms with Gasteiger partial charge in [-0.3, -0.25) is 0 Å². The van der Waals surface area contributed by atoms with Crippen LogP contribution in [-0.2, 0) is 9.47 Å². The summed E-state index contributed by atoms with van der Waals surface area (Å²) in [5.74, 6) is 0.676. The van der Waals surface area contributed by atoms with Gasteiger partial charge in [0.25, 0.3) is 0 Å². The Morgan fingerprint density at radius 3 is 1.29 bits per heavy atom. The number of hydrogen-bond donors (Lipinski definition) is 0. The first-order valence-electron chi connectivity index (χ1n) is 13.7. The third kappa shape index (κ3) is 8.65. The molecule has 202 valence electrons. The molecule has 0 heterocycles. The lowest BCUT2D eigenvalue weighted by molar-refractivity contribution is 0.134. The lowest BCUT2D eigenvalue weighted by Crippen LogP contribution is -2.10. The standard InChI is InChI=1S/C32H38O6/c1-3-5-7-9-11-17-23-35-31(33)37-29-25-19-13-15-21-27(25)30(28-22-16-14-20-26(28)29)38-32(34)36-24-18-12-10-8-6-4-2/h13-24H,3-12H2,1-2H3/b23-17+,24-18+. The number of carbonyl (C=O) groups excluding carboxylic acids is 2. The van der Waals surface area contributed by atoms with E-state index in [0.717, 1.165) is 38.5 Å². The maximum Gasteiger partial charge on any atom is 0.518 e. The number of unbranched alkanes of at least 4 members (excludes halogenated alkanes) is 8. The van der Waals surface area contributed by atoms with E-state index in [1.165, 1.54) is 38.2 Å². The van der Waals surface area contributed by atoms with Crippen molar-refractivity contribution in [2.75, 3.05) is 0 Å². The van der Waals surface area contributed by atoms with E-state index in [9.17, 15) is 9.59 Å². The van der Waals surface area contributed by atoms with Crippen LogP contribution in [0, 0.1) is 0 Å². The van der Waals surface area contributed by atoms with E-state index < -0.39 is 12.3 Å². The van der Waals surface area contributed by atoms with Gasteiger partial charge in [-0.1, -0.05) is 101 Å². The van der Waals surface area contributed by atoms with Gasteiger partial charge in [-0.15, -0.1) is 0 Å². The Morgan fingerprint density at radius 1 is 0.579 bits per heavy atom. The van der Waals surface area contributed by atoms with Gasteiger partial charge in [-0.25, -0.2) is 9.59 Å². The van der Waals surface area contributed by atoms with Crippen molar-refractivity contribution in [3.63, 3.8) is 0 Å². The molecule has 3 rings (SSSR count). The molecular weight excluding hydrogens is 480 g/mol. The second-order valence-corrected chi connectivity index (χ2v) is 9.13. The lowest BCUT2D eigenvalue weighted by atomic mass is 10.0. The normalized spacial score (nSPS) is 11.4. The number of carbonyl (C=O) groups is 2. The molecule has 3 aromatic rings. The molecule has 0 aliphatic carbocycles. The molecule has 0 bridgehead atoms. The first kappa shape index (κ1) is 28.8. The lowest BCUT2D eigenvalue weighted by Gasteiger charge is -2.15. The minimum Gasteiger partial charge on any atom is -0.403 e. The molecule has 0 atom stereocenters. The fourth-order valence-electron chi connectivity index (χ4n) is 4.20. The molecule has 3 aromatic carbocycles. The van der Waals surface area contributed by atoms with Crippen LogP contribution in [0.2, 0.25) is 0 Å².